The molecule has 13 heavy (non-hydrogen) atoms. The van der Waals surface area contributed by atoms with E-state index in [1.54, 1.807) is 30.9 Å². The summed E-state index contributed by atoms with van der Waals surface area (Å²) in [6.07, 6.45) is 7.40. The summed E-state index contributed by atoms with van der Waals surface area (Å²) in [5.74, 6) is 0. The van der Waals surface area contributed by atoms with Gasteiger partial charge < -0.3 is 0 Å². The van der Waals surface area contributed by atoms with E-state index in [1.807, 2.05) is 10.8 Å². The van der Waals surface area contributed by atoms with E-state index in [1.165, 1.54) is 11.3 Å². The minimum atomic E-state index is 0.769. The highest BCUT2D eigenvalue weighted by Gasteiger charge is 1.82. The molecule has 66 valence electrons. The average Bonchev–Trinajstić information content (AvgIpc) is 2.74. The minimum absolute atomic E-state index is 0.769. The van der Waals surface area contributed by atoms with Gasteiger partial charge in [0.25, 0.3) is 0 Å². The number of hydrogen-bond acceptors (Lipinski definition) is 4. The second-order valence-corrected chi connectivity index (χ2v) is 2.85. The van der Waals surface area contributed by atoms with Crippen LogP contribution >= 0.6 is 11.3 Å². The first-order valence-electron chi connectivity index (χ1n) is 3.61. The van der Waals surface area contributed by atoms with Gasteiger partial charge >= 0.3 is 0 Å². The molecule has 0 aliphatic rings. The van der Waals surface area contributed by atoms with Crippen LogP contribution in [0.4, 0.5) is 0 Å². The van der Waals surface area contributed by atoms with Crippen molar-refractivity contribution >= 4 is 17.6 Å². The Bertz CT molecular complexity index is 294. The lowest BCUT2D eigenvalue weighted by Gasteiger charge is -1.70. The number of carbonyl (C=O) groups is 1. The van der Waals surface area contributed by atoms with Crippen molar-refractivity contribution in [1.29, 1.82) is 0 Å². The Morgan fingerprint density at radius 3 is 2.00 bits per heavy atom. The Morgan fingerprint density at radius 2 is 1.77 bits per heavy atom. The molecule has 4 heteroatoms. The van der Waals surface area contributed by atoms with Crippen LogP contribution in [-0.4, -0.2) is 16.3 Å². The van der Waals surface area contributed by atoms with E-state index in [2.05, 4.69) is 9.97 Å². The summed E-state index contributed by atoms with van der Waals surface area (Å²) in [4.78, 5) is 17.3. The molecule has 0 amide bonds. The van der Waals surface area contributed by atoms with Gasteiger partial charge in [-0.15, -0.1) is 0 Å². The normalized spacial score (nSPS) is 8.31. The number of nitrogens with zero attached hydrogens (tertiary/aromatic N) is 2. The molecule has 0 radical (unpaired) electrons. The Labute approximate surface area is 80.1 Å². The molecule has 0 atom stereocenters. The molecule has 0 saturated heterocycles. The lowest BCUT2D eigenvalue weighted by Crippen LogP contribution is -1.66. The molecule has 2 aromatic heterocycles. The van der Waals surface area contributed by atoms with E-state index < -0.39 is 0 Å². The first-order chi connectivity index (χ1) is 6.43. The van der Waals surface area contributed by atoms with Crippen LogP contribution in [0.3, 0.4) is 0 Å². The SMILES string of the molecule is O=Cc1ccsc1.c1cnccn1. The molecule has 0 aliphatic heterocycles. The third kappa shape index (κ3) is 4.12. The van der Waals surface area contributed by atoms with E-state index in [4.69, 9.17) is 0 Å². The molecule has 0 fully saturated rings. The highest BCUT2D eigenvalue weighted by Crippen LogP contribution is 2.00. The van der Waals surface area contributed by atoms with E-state index in [9.17, 15) is 4.79 Å². The summed E-state index contributed by atoms with van der Waals surface area (Å²) in [7, 11) is 0. The van der Waals surface area contributed by atoms with E-state index >= 15 is 0 Å². The lowest BCUT2D eigenvalue weighted by atomic mass is 10.4. The van der Waals surface area contributed by atoms with Gasteiger partial charge in [-0.1, -0.05) is 0 Å². The Kier molecular flexibility index (Phi) is 4.42. The third-order valence-electron chi connectivity index (χ3n) is 1.16. The van der Waals surface area contributed by atoms with Crippen LogP contribution in [0.1, 0.15) is 10.4 Å². The maximum absolute atomic E-state index is 9.87. The maximum Gasteiger partial charge on any atom is 0.150 e. The standard InChI is InChI=1S/C5H4OS.C4H4N2/c6-3-5-1-2-7-4-5;1-2-6-4-3-5-1/h1-4H;1-4H. The molecule has 2 heterocycles. The highest BCUT2D eigenvalue weighted by atomic mass is 32.1. The molecule has 2 rings (SSSR count). The van der Waals surface area contributed by atoms with Crippen LogP contribution in [0.25, 0.3) is 0 Å². The number of rotatable bonds is 1. The van der Waals surface area contributed by atoms with E-state index in [0.29, 0.717) is 0 Å². The topological polar surface area (TPSA) is 42.9 Å². The van der Waals surface area contributed by atoms with Crippen molar-refractivity contribution < 1.29 is 4.79 Å². The molecular weight excluding hydrogens is 184 g/mol. The predicted octanol–water partition coefficient (Wildman–Crippen LogP) is 2.04. The summed E-state index contributed by atoms with van der Waals surface area (Å²) < 4.78 is 0. The molecule has 0 aliphatic carbocycles. The second kappa shape index (κ2) is 6.02. The Balaban J connectivity index is 0.000000132. The van der Waals surface area contributed by atoms with Gasteiger partial charge in [0.2, 0.25) is 0 Å². The van der Waals surface area contributed by atoms with Crippen LogP contribution in [0.5, 0.6) is 0 Å². The van der Waals surface area contributed by atoms with Gasteiger partial charge in [-0.2, -0.15) is 11.3 Å². The summed E-state index contributed by atoms with van der Waals surface area (Å²) in [5, 5.41) is 3.69. The van der Waals surface area contributed by atoms with Gasteiger partial charge in [-0.3, -0.25) is 14.8 Å². The van der Waals surface area contributed by atoms with Crippen LogP contribution in [0.2, 0.25) is 0 Å². The molecule has 0 saturated carbocycles. The first kappa shape index (κ1) is 9.54. The molecule has 2 aromatic rings. The summed E-state index contributed by atoms with van der Waals surface area (Å²) in [6.45, 7) is 0. The van der Waals surface area contributed by atoms with Crippen LogP contribution in [0, 0.1) is 0 Å². The van der Waals surface area contributed by atoms with Crippen molar-refractivity contribution in [2.45, 2.75) is 0 Å². The number of hydrogen-bond donors (Lipinski definition) is 0. The summed E-state index contributed by atoms with van der Waals surface area (Å²) in [6, 6.07) is 1.79. The average molecular weight is 192 g/mol. The van der Waals surface area contributed by atoms with Gasteiger partial charge in [-0.05, 0) is 11.4 Å². The van der Waals surface area contributed by atoms with Crippen molar-refractivity contribution in [3.63, 3.8) is 0 Å². The van der Waals surface area contributed by atoms with Crippen molar-refractivity contribution in [3.05, 3.63) is 47.2 Å². The van der Waals surface area contributed by atoms with Crippen LogP contribution < -0.4 is 0 Å². The first-order valence-corrected chi connectivity index (χ1v) is 4.55. The number of thiophene rings is 1. The van der Waals surface area contributed by atoms with Gasteiger partial charge in [-0.25, -0.2) is 0 Å². The second-order valence-electron chi connectivity index (χ2n) is 2.07. The number of aldehydes is 1. The quantitative estimate of drug-likeness (QED) is 0.649. The van der Waals surface area contributed by atoms with Gasteiger partial charge in [0.1, 0.15) is 0 Å². The molecule has 0 unspecified atom stereocenters. The van der Waals surface area contributed by atoms with Crippen molar-refractivity contribution in [3.8, 4) is 0 Å². The fourth-order valence-corrected chi connectivity index (χ4v) is 1.20. The maximum atomic E-state index is 9.87. The fraction of sp³-hybridized carbons (Fsp3) is 0. The lowest BCUT2D eigenvalue weighted by molar-refractivity contribution is 0.112. The largest absolute Gasteiger partial charge is 0.298 e. The Hall–Kier alpha value is -1.55. The summed E-state index contributed by atoms with van der Waals surface area (Å²) >= 11 is 1.53. The van der Waals surface area contributed by atoms with E-state index in [-0.39, 0.29) is 0 Å². The van der Waals surface area contributed by atoms with Crippen molar-refractivity contribution in [2.24, 2.45) is 0 Å². The molecule has 0 aromatic carbocycles. The monoisotopic (exact) mass is 192 g/mol. The van der Waals surface area contributed by atoms with Gasteiger partial charge in [0, 0.05) is 35.7 Å². The van der Waals surface area contributed by atoms with E-state index in [0.717, 1.165) is 11.8 Å². The minimum Gasteiger partial charge on any atom is -0.298 e. The fourth-order valence-electron chi connectivity index (χ4n) is 0.595. The molecule has 0 N–H and O–H groups in total. The highest BCUT2D eigenvalue weighted by molar-refractivity contribution is 7.08. The zero-order valence-corrected chi connectivity index (χ0v) is 7.65. The van der Waals surface area contributed by atoms with Crippen LogP contribution in [-0.2, 0) is 0 Å². The summed E-state index contributed by atoms with van der Waals surface area (Å²) in [5.41, 5.74) is 0.769. The molecular formula is C9H8N2OS. The Morgan fingerprint density at radius 1 is 1.15 bits per heavy atom. The zero-order chi connectivity index (χ0) is 9.36. The third-order valence-corrected chi connectivity index (χ3v) is 1.86. The molecule has 0 bridgehead atoms. The van der Waals surface area contributed by atoms with Gasteiger partial charge in [0.05, 0.1) is 0 Å². The molecule has 3 nitrogen and oxygen atoms in total. The van der Waals surface area contributed by atoms with Crippen molar-refractivity contribution in [1.82, 2.24) is 9.97 Å². The zero-order valence-electron chi connectivity index (χ0n) is 6.83. The predicted molar refractivity (Wildman–Crippen MR) is 51.7 cm³/mol. The number of carbonyl (C=O) groups excluding carboxylic acids is 1. The van der Waals surface area contributed by atoms with Crippen molar-refractivity contribution in [2.75, 3.05) is 0 Å². The molecule has 0 spiro atoms. The number of aromatic nitrogens is 2. The van der Waals surface area contributed by atoms with Crippen LogP contribution in [0.15, 0.2) is 41.6 Å². The smallest absolute Gasteiger partial charge is 0.150 e. The van der Waals surface area contributed by atoms with Gasteiger partial charge in [0.15, 0.2) is 6.29 Å².